The lowest BCUT2D eigenvalue weighted by Crippen LogP contribution is -2.28. The molecule has 1 amide bonds. The first kappa shape index (κ1) is 21.2. The van der Waals surface area contributed by atoms with Gasteiger partial charge in [-0.05, 0) is 30.3 Å². The summed E-state index contributed by atoms with van der Waals surface area (Å²) in [7, 11) is 3.87. The summed E-state index contributed by atoms with van der Waals surface area (Å²) in [5.74, 6) is -0.561. The molecule has 164 valence electrons. The Bertz CT molecular complexity index is 1310. The fraction of sp³-hybridized carbons (Fsp3) is 0.217. The number of anilines is 1. The van der Waals surface area contributed by atoms with E-state index in [1.807, 2.05) is 31.1 Å². The van der Waals surface area contributed by atoms with Crippen molar-refractivity contribution in [3.8, 4) is 0 Å². The van der Waals surface area contributed by atoms with Gasteiger partial charge >= 0.3 is 0 Å². The van der Waals surface area contributed by atoms with Crippen LogP contribution in [0.25, 0.3) is 11.0 Å². The van der Waals surface area contributed by atoms with Crippen LogP contribution in [0.5, 0.6) is 0 Å². The highest BCUT2D eigenvalue weighted by Crippen LogP contribution is 2.12. The molecule has 8 nitrogen and oxygen atoms in total. The van der Waals surface area contributed by atoms with E-state index in [0.717, 1.165) is 5.69 Å². The van der Waals surface area contributed by atoms with E-state index < -0.39 is 0 Å². The first-order valence-electron chi connectivity index (χ1n) is 10.1. The molecule has 0 fully saturated rings. The Hall–Kier alpha value is -4.01. The predicted octanol–water partition coefficient (Wildman–Crippen LogP) is 2.28. The van der Waals surface area contributed by atoms with Gasteiger partial charge < -0.3 is 10.2 Å². The first-order valence-corrected chi connectivity index (χ1v) is 10.1. The van der Waals surface area contributed by atoms with E-state index in [1.165, 1.54) is 23.2 Å². The van der Waals surface area contributed by atoms with Gasteiger partial charge in [0.15, 0.2) is 5.65 Å². The second-order valence-corrected chi connectivity index (χ2v) is 7.57. The molecule has 0 atom stereocenters. The van der Waals surface area contributed by atoms with Gasteiger partial charge in [0.2, 0.25) is 0 Å². The van der Waals surface area contributed by atoms with Crippen molar-refractivity contribution in [1.82, 2.24) is 24.6 Å². The van der Waals surface area contributed by atoms with Crippen molar-refractivity contribution in [2.45, 2.75) is 13.1 Å². The fourth-order valence-corrected chi connectivity index (χ4v) is 3.37. The first-order chi connectivity index (χ1) is 15.4. The lowest BCUT2D eigenvalue weighted by Gasteiger charge is -2.12. The third-order valence-electron chi connectivity index (χ3n) is 5.18. The molecule has 0 aliphatic rings. The van der Waals surface area contributed by atoms with Crippen LogP contribution in [0, 0.1) is 5.82 Å². The Morgan fingerprint density at radius 2 is 1.88 bits per heavy atom. The number of benzene rings is 2. The van der Waals surface area contributed by atoms with Gasteiger partial charge in [0.25, 0.3) is 11.5 Å². The predicted molar refractivity (Wildman–Crippen MR) is 120 cm³/mol. The van der Waals surface area contributed by atoms with Crippen LogP contribution in [0.4, 0.5) is 10.1 Å². The van der Waals surface area contributed by atoms with Crippen LogP contribution in [-0.4, -0.2) is 45.9 Å². The normalized spacial score (nSPS) is 11.0. The molecule has 2 aromatic carbocycles. The van der Waals surface area contributed by atoms with Gasteiger partial charge in [-0.3, -0.25) is 14.2 Å². The van der Waals surface area contributed by atoms with Gasteiger partial charge in [-0.1, -0.05) is 18.2 Å². The molecule has 4 rings (SSSR count). The van der Waals surface area contributed by atoms with E-state index in [4.69, 9.17) is 0 Å². The number of nitrogens with one attached hydrogen (secondary N) is 1. The highest BCUT2D eigenvalue weighted by molar-refractivity contribution is 5.94. The molecular formula is C23H23FN6O2. The molecule has 2 aromatic heterocycles. The lowest BCUT2D eigenvalue weighted by atomic mass is 10.2. The van der Waals surface area contributed by atoms with Crippen LogP contribution in [0.1, 0.15) is 15.9 Å². The number of halogens is 1. The SMILES string of the molecule is CN(C)c1ccc(C(=O)NCCn2ncc3c(=O)n(Cc4ccccc4F)cnc32)cc1. The highest BCUT2D eigenvalue weighted by Gasteiger charge is 2.12. The van der Waals surface area contributed by atoms with Crippen LogP contribution in [0.15, 0.2) is 65.8 Å². The molecule has 0 aliphatic carbocycles. The Balaban J connectivity index is 1.43. The summed E-state index contributed by atoms with van der Waals surface area (Å²) < 4.78 is 16.8. The van der Waals surface area contributed by atoms with Crippen LogP contribution in [0.2, 0.25) is 0 Å². The molecule has 32 heavy (non-hydrogen) atoms. The number of nitrogens with zero attached hydrogens (tertiary/aromatic N) is 5. The maximum absolute atomic E-state index is 13.9. The number of fused-ring (bicyclic) bond motifs is 1. The van der Waals surface area contributed by atoms with Crippen LogP contribution in [-0.2, 0) is 13.1 Å². The van der Waals surface area contributed by atoms with Crippen molar-refractivity contribution in [2.75, 3.05) is 25.5 Å². The van der Waals surface area contributed by atoms with E-state index in [2.05, 4.69) is 15.4 Å². The zero-order valence-electron chi connectivity index (χ0n) is 17.8. The molecule has 0 radical (unpaired) electrons. The van der Waals surface area contributed by atoms with Gasteiger partial charge in [-0.25, -0.2) is 14.1 Å². The molecule has 0 unspecified atom stereocenters. The van der Waals surface area contributed by atoms with Crippen LogP contribution < -0.4 is 15.8 Å². The molecule has 4 aromatic rings. The van der Waals surface area contributed by atoms with E-state index in [-0.39, 0.29) is 23.8 Å². The van der Waals surface area contributed by atoms with Crippen molar-refractivity contribution >= 4 is 22.6 Å². The quantitative estimate of drug-likeness (QED) is 0.482. The van der Waals surface area contributed by atoms with E-state index in [1.54, 1.807) is 35.0 Å². The molecular weight excluding hydrogens is 411 g/mol. The van der Waals surface area contributed by atoms with Crippen LogP contribution >= 0.6 is 0 Å². The summed E-state index contributed by atoms with van der Waals surface area (Å²) in [6.07, 6.45) is 2.84. The average Bonchev–Trinajstić information content (AvgIpc) is 3.21. The maximum atomic E-state index is 13.9. The molecule has 0 aliphatic heterocycles. The van der Waals surface area contributed by atoms with Crippen molar-refractivity contribution in [3.63, 3.8) is 0 Å². The van der Waals surface area contributed by atoms with E-state index >= 15 is 0 Å². The number of aromatic nitrogens is 4. The average molecular weight is 434 g/mol. The number of hydrogen-bond acceptors (Lipinski definition) is 5. The number of hydrogen-bond donors (Lipinski definition) is 1. The number of carbonyl (C=O) groups is 1. The summed E-state index contributed by atoms with van der Waals surface area (Å²) in [5.41, 5.74) is 2.11. The van der Waals surface area contributed by atoms with Gasteiger partial charge in [-0.2, -0.15) is 5.10 Å². The van der Waals surface area contributed by atoms with Gasteiger partial charge in [0.1, 0.15) is 17.5 Å². The highest BCUT2D eigenvalue weighted by atomic mass is 19.1. The minimum atomic E-state index is -0.373. The topological polar surface area (TPSA) is 85.0 Å². The number of amides is 1. The monoisotopic (exact) mass is 434 g/mol. The lowest BCUT2D eigenvalue weighted by molar-refractivity contribution is 0.0952. The molecule has 1 N–H and O–H groups in total. The Kier molecular flexibility index (Phi) is 5.98. The Morgan fingerprint density at radius 3 is 2.59 bits per heavy atom. The van der Waals surface area contributed by atoms with Crippen LogP contribution in [0.3, 0.4) is 0 Å². The zero-order valence-corrected chi connectivity index (χ0v) is 17.8. The summed E-state index contributed by atoms with van der Waals surface area (Å²) in [6.45, 7) is 0.766. The maximum Gasteiger partial charge on any atom is 0.264 e. The van der Waals surface area contributed by atoms with Crippen molar-refractivity contribution < 1.29 is 9.18 Å². The largest absolute Gasteiger partial charge is 0.378 e. The molecule has 2 heterocycles. The van der Waals surface area contributed by atoms with Gasteiger partial charge in [0.05, 0.1) is 19.3 Å². The summed E-state index contributed by atoms with van der Waals surface area (Å²) in [5, 5.41) is 7.42. The number of rotatable bonds is 7. The summed E-state index contributed by atoms with van der Waals surface area (Å²) in [6, 6.07) is 13.6. The molecule has 0 bridgehead atoms. The molecule has 0 saturated heterocycles. The second-order valence-electron chi connectivity index (χ2n) is 7.57. The van der Waals surface area contributed by atoms with Gasteiger partial charge in [0, 0.05) is 37.5 Å². The van der Waals surface area contributed by atoms with Gasteiger partial charge in [-0.15, -0.1) is 0 Å². The second kappa shape index (κ2) is 9.01. The summed E-state index contributed by atoms with van der Waals surface area (Å²) >= 11 is 0. The summed E-state index contributed by atoms with van der Waals surface area (Å²) in [4.78, 5) is 31.4. The minimum Gasteiger partial charge on any atom is -0.378 e. The van der Waals surface area contributed by atoms with Crippen molar-refractivity contribution in [1.29, 1.82) is 0 Å². The molecule has 0 saturated carbocycles. The zero-order chi connectivity index (χ0) is 22.7. The minimum absolute atomic E-state index is 0.0856. The molecule has 0 spiro atoms. The van der Waals surface area contributed by atoms with Crippen molar-refractivity contribution in [3.05, 3.63) is 88.4 Å². The smallest absolute Gasteiger partial charge is 0.264 e. The third-order valence-corrected chi connectivity index (χ3v) is 5.18. The Morgan fingerprint density at radius 1 is 1.12 bits per heavy atom. The van der Waals surface area contributed by atoms with Crippen molar-refractivity contribution in [2.24, 2.45) is 0 Å². The Labute approximate surface area is 183 Å². The van der Waals surface area contributed by atoms with E-state index in [0.29, 0.717) is 35.2 Å². The standard InChI is InChI=1S/C23H23FN6O2/c1-28(2)18-9-7-16(8-10-18)22(31)25-11-12-30-21-19(13-27-30)23(32)29(15-26-21)14-17-5-3-4-6-20(17)24/h3-10,13,15H,11-12,14H2,1-2H3,(H,25,31). The fourth-order valence-electron chi connectivity index (χ4n) is 3.37. The molecule has 9 heteroatoms. The van der Waals surface area contributed by atoms with E-state index in [9.17, 15) is 14.0 Å². The number of carbonyl (C=O) groups excluding carboxylic acids is 1. The third kappa shape index (κ3) is 4.36.